The van der Waals surface area contributed by atoms with E-state index in [1.807, 2.05) is 12.3 Å². The van der Waals surface area contributed by atoms with Gasteiger partial charge in [0.25, 0.3) is 0 Å². The number of rotatable bonds is 2. The van der Waals surface area contributed by atoms with Gasteiger partial charge in [0.15, 0.2) is 0 Å². The van der Waals surface area contributed by atoms with Crippen LogP contribution >= 0.6 is 11.8 Å². The quantitative estimate of drug-likeness (QED) is 0.854. The molecular weight excluding hydrogens is 232 g/mol. The van der Waals surface area contributed by atoms with Crippen molar-refractivity contribution in [1.82, 2.24) is 9.97 Å². The summed E-state index contributed by atoms with van der Waals surface area (Å²) < 4.78 is 0. The number of thioether (sulfide) groups is 1. The van der Waals surface area contributed by atoms with Crippen LogP contribution in [0.1, 0.15) is 11.4 Å². The van der Waals surface area contributed by atoms with Crippen molar-refractivity contribution < 1.29 is 5.11 Å². The molecule has 0 radical (unpaired) electrons. The highest BCUT2D eigenvalue weighted by Gasteiger charge is 2.27. The van der Waals surface area contributed by atoms with Crippen molar-refractivity contribution in [2.24, 2.45) is 5.92 Å². The Hall–Kier alpha value is -1.26. The molecule has 1 aliphatic rings. The lowest BCUT2D eigenvalue weighted by Gasteiger charge is -2.28. The van der Waals surface area contributed by atoms with Crippen LogP contribution in [0.2, 0.25) is 0 Å². The molecule has 2 heterocycles. The minimum atomic E-state index is -0.338. The van der Waals surface area contributed by atoms with E-state index in [4.69, 9.17) is 0 Å². The number of aliphatic hydroxyl groups is 1. The predicted octanol–water partition coefficient (Wildman–Crippen LogP) is 2.24. The fourth-order valence-corrected chi connectivity index (χ4v) is 3.33. The van der Waals surface area contributed by atoms with Crippen molar-refractivity contribution in [3.05, 3.63) is 48.0 Å². The summed E-state index contributed by atoms with van der Waals surface area (Å²) in [4.78, 5) is 8.53. The third-order valence-electron chi connectivity index (χ3n) is 3.12. The Morgan fingerprint density at radius 1 is 1.41 bits per heavy atom. The first-order valence-electron chi connectivity index (χ1n) is 5.74. The molecule has 2 N–H and O–H groups in total. The molecule has 2 atom stereocenters. The van der Waals surface area contributed by atoms with Crippen LogP contribution < -0.4 is 0 Å². The van der Waals surface area contributed by atoms with Gasteiger partial charge in [-0.15, -0.1) is 0 Å². The Kier molecular flexibility index (Phi) is 2.91. The van der Waals surface area contributed by atoms with E-state index in [1.54, 1.807) is 18.0 Å². The first-order valence-corrected chi connectivity index (χ1v) is 6.62. The summed E-state index contributed by atoms with van der Waals surface area (Å²) in [6.45, 7) is 0. The maximum absolute atomic E-state index is 10.1. The van der Waals surface area contributed by atoms with Crippen LogP contribution in [0.3, 0.4) is 0 Å². The zero-order chi connectivity index (χ0) is 11.7. The molecule has 3 nitrogen and oxygen atoms in total. The van der Waals surface area contributed by atoms with Crippen LogP contribution in [0.15, 0.2) is 41.6 Å². The van der Waals surface area contributed by atoms with E-state index in [-0.39, 0.29) is 11.4 Å². The monoisotopic (exact) mass is 246 g/mol. The molecule has 2 aromatic rings. The van der Waals surface area contributed by atoms with Gasteiger partial charge in [0.05, 0.1) is 0 Å². The fourth-order valence-electron chi connectivity index (χ4n) is 2.23. The summed E-state index contributed by atoms with van der Waals surface area (Å²) in [5, 5.41) is 10.1. The summed E-state index contributed by atoms with van der Waals surface area (Å²) in [6.07, 6.45) is 5.30. The second-order valence-electron chi connectivity index (χ2n) is 4.32. The molecule has 1 aromatic carbocycles. The van der Waals surface area contributed by atoms with Crippen molar-refractivity contribution in [1.29, 1.82) is 0 Å². The zero-order valence-corrected chi connectivity index (χ0v) is 10.2. The first kappa shape index (κ1) is 10.9. The molecule has 2 unspecified atom stereocenters. The van der Waals surface area contributed by atoms with E-state index in [9.17, 15) is 5.11 Å². The van der Waals surface area contributed by atoms with Gasteiger partial charge >= 0.3 is 0 Å². The second kappa shape index (κ2) is 4.55. The molecule has 0 aliphatic carbocycles. The number of nitrogens with zero attached hydrogens (tertiary/aromatic N) is 1. The number of aromatic amines is 1. The van der Waals surface area contributed by atoms with Gasteiger partial charge in [-0.25, -0.2) is 4.98 Å². The first-order chi connectivity index (χ1) is 8.33. The Labute approximate surface area is 104 Å². The number of nitrogens with one attached hydrogen (secondary N) is 1. The molecule has 1 aromatic heterocycles. The number of hydrogen-bond donors (Lipinski definition) is 2. The van der Waals surface area contributed by atoms with Gasteiger partial charge in [0, 0.05) is 29.6 Å². The van der Waals surface area contributed by atoms with Crippen LogP contribution in [0.25, 0.3) is 0 Å². The molecule has 1 aliphatic heterocycles. The van der Waals surface area contributed by atoms with Gasteiger partial charge in [-0.3, -0.25) is 0 Å². The summed E-state index contributed by atoms with van der Waals surface area (Å²) in [5.74, 6) is 1.19. The molecule has 4 heteroatoms. The molecule has 88 valence electrons. The van der Waals surface area contributed by atoms with E-state index < -0.39 is 0 Å². The molecule has 0 saturated heterocycles. The fraction of sp³-hybridized carbons (Fsp3) is 0.308. The molecule has 17 heavy (non-hydrogen) atoms. The minimum Gasteiger partial charge on any atom is -0.382 e. The predicted molar refractivity (Wildman–Crippen MR) is 67.8 cm³/mol. The lowest BCUT2D eigenvalue weighted by atomic mass is 9.96. The highest BCUT2D eigenvalue weighted by molar-refractivity contribution is 7.99. The lowest BCUT2D eigenvalue weighted by molar-refractivity contribution is 0.185. The average molecular weight is 246 g/mol. The maximum atomic E-state index is 10.1. The maximum Gasteiger partial charge on any atom is 0.107 e. The Balaban J connectivity index is 1.80. The molecule has 0 bridgehead atoms. The number of imidazole rings is 1. The number of hydrogen-bond acceptors (Lipinski definition) is 3. The third-order valence-corrected chi connectivity index (χ3v) is 4.39. The standard InChI is InChI=1S/C13H14N2OS/c16-13-10(8-12-14-5-6-15-12)7-9-3-1-2-4-11(9)17-13/h1-6,10,13,16H,7-8H2,(H,14,15). The molecule has 0 saturated carbocycles. The minimum absolute atomic E-state index is 0.237. The van der Waals surface area contributed by atoms with Gasteiger partial charge in [-0.1, -0.05) is 30.0 Å². The van der Waals surface area contributed by atoms with Gasteiger partial charge in [-0.05, 0) is 18.1 Å². The van der Waals surface area contributed by atoms with Gasteiger partial charge < -0.3 is 10.1 Å². The van der Waals surface area contributed by atoms with Gasteiger partial charge in [0.2, 0.25) is 0 Å². The highest BCUT2D eigenvalue weighted by Crippen LogP contribution is 2.38. The molecule has 0 spiro atoms. The largest absolute Gasteiger partial charge is 0.382 e. The number of benzene rings is 1. The van der Waals surface area contributed by atoms with E-state index in [1.165, 1.54) is 10.5 Å². The van der Waals surface area contributed by atoms with E-state index in [0.29, 0.717) is 0 Å². The number of aliphatic hydroxyl groups excluding tert-OH is 1. The summed E-state index contributed by atoms with van der Waals surface area (Å²) in [7, 11) is 0. The number of fused-ring (bicyclic) bond motifs is 1. The molecule has 0 amide bonds. The van der Waals surface area contributed by atoms with E-state index >= 15 is 0 Å². The Bertz CT molecular complexity index is 498. The smallest absolute Gasteiger partial charge is 0.107 e. The van der Waals surface area contributed by atoms with Crippen LogP contribution in [0, 0.1) is 5.92 Å². The van der Waals surface area contributed by atoms with Crippen molar-refractivity contribution in [3.63, 3.8) is 0 Å². The lowest BCUT2D eigenvalue weighted by Crippen LogP contribution is -2.26. The van der Waals surface area contributed by atoms with Crippen molar-refractivity contribution in [3.8, 4) is 0 Å². The van der Waals surface area contributed by atoms with Crippen LogP contribution in [0.4, 0.5) is 0 Å². The van der Waals surface area contributed by atoms with Crippen LogP contribution in [0.5, 0.6) is 0 Å². The average Bonchev–Trinajstić information content (AvgIpc) is 2.83. The summed E-state index contributed by atoms with van der Waals surface area (Å²) in [6, 6.07) is 8.29. The Morgan fingerprint density at radius 3 is 3.12 bits per heavy atom. The van der Waals surface area contributed by atoms with Crippen molar-refractivity contribution in [2.75, 3.05) is 0 Å². The summed E-state index contributed by atoms with van der Waals surface area (Å²) in [5.41, 5.74) is 0.995. The van der Waals surface area contributed by atoms with Crippen LogP contribution in [-0.2, 0) is 12.8 Å². The van der Waals surface area contributed by atoms with Gasteiger partial charge in [0.1, 0.15) is 11.3 Å². The van der Waals surface area contributed by atoms with Crippen molar-refractivity contribution in [2.45, 2.75) is 23.2 Å². The highest BCUT2D eigenvalue weighted by atomic mass is 32.2. The zero-order valence-electron chi connectivity index (χ0n) is 9.34. The molecular formula is C13H14N2OS. The molecule has 3 rings (SSSR count). The summed E-state index contributed by atoms with van der Waals surface area (Å²) >= 11 is 1.56. The van der Waals surface area contributed by atoms with E-state index in [2.05, 4.69) is 28.2 Å². The number of H-pyrrole nitrogens is 1. The van der Waals surface area contributed by atoms with Crippen LogP contribution in [-0.4, -0.2) is 20.5 Å². The SMILES string of the molecule is OC1Sc2ccccc2CC1Cc1ncc[nH]1. The Morgan fingerprint density at radius 2 is 2.29 bits per heavy atom. The van der Waals surface area contributed by atoms with Gasteiger partial charge in [-0.2, -0.15) is 0 Å². The second-order valence-corrected chi connectivity index (χ2v) is 5.48. The van der Waals surface area contributed by atoms with E-state index in [0.717, 1.165) is 18.7 Å². The normalized spacial score (nSPS) is 23.4. The topological polar surface area (TPSA) is 48.9 Å². The molecule has 0 fully saturated rings. The third kappa shape index (κ3) is 2.23. The number of aromatic nitrogens is 2. The van der Waals surface area contributed by atoms with Crippen molar-refractivity contribution >= 4 is 11.8 Å².